The number of nitrogens with two attached hydrogens (primary N) is 1. The highest BCUT2D eigenvalue weighted by Gasteiger charge is 2.48. The summed E-state index contributed by atoms with van der Waals surface area (Å²) in [6.45, 7) is 6.55. The van der Waals surface area contributed by atoms with Gasteiger partial charge in [-0.2, -0.15) is 0 Å². The first-order chi connectivity index (χ1) is 12.1. The molecule has 2 rings (SSSR count). The van der Waals surface area contributed by atoms with Crippen LogP contribution in [0.5, 0.6) is 0 Å². The van der Waals surface area contributed by atoms with Crippen molar-refractivity contribution in [3.05, 3.63) is 22.1 Å². The highest BCUT2D eigenvalue weighted by Crippen LogP contribution is 2.41. The number of sulfonamides is 1. The van der Waals surface area contributed by atoms with Gasteiger partial charge in [0.15, 0.2) is 0 Å². The Hall–Kier alpha value is -1.62. The fourth-order valence-electron chi connectivity index (χ4n) is 2.87. The van der Waals surface area contributed by atoms with E-state index in [2.05, 4.69) is 26.2 Å². The second-order valence-electron chi connectivity index (χ2n) is 7.80. The molecule has 0 aromatic carbocycles. The Morgan fingerprint density at radius 3 is 2.67 bits per heavy atom. The summed E-state index contributed by atoms with van der Waals surface area (Å²) in [6, 6.07) is 0. The average molecular weight is 467 g/mol. The van der Waals surface area contributed by atoms with Crippen LogP contribution in [0.15, 0.2) is 27.1 Å². The van der Waals surface area contributed by atoms with Gasteiger partial charge in [0.2, 0.25) is 16.0 Å². The predicted octanol–water partition coefficient (Wildman–Crippen LogP) is 2.34. The van der Waals surface area contributed by atoms with E-state index in [0.717, 1.165) is 4.31 Å². The zero-order valence-electron chi connectivity index (χ0n) is 15.8. The van der Waals surface area contributed by atoms with Crippen LogP contribution >= 0.6 is 15.9 Å². The van der Waals surface area contributed by atoms with Crippen LogP contribution in [0.3, 0.4) is 0 Å². The van der Waals surface area contributed by atoms with Crippen LogP contribution in [0, 0.1) is 5.92 Å². The largest absolute Gasteiger partial charge is 0.444 e. The second-order valence-corrected chi connectivity index (χ2v) is 10.7. The molecular formula is C16H24BrFN4O4S. The highest BCUT2D eigenvalue weighted by molar-refractivity contribution is 9.11. The van der Waals surface area contributed by atoms with E-state index in [0.29, 0.717) is 10.2 Å². The van der Waals surface area contributed by atoms with Crippen molar-refractivity contribution in [2.45, 2.75) is 45.3 Å². The van der Waals surface area contributed by atoms with Gasteiger partial charge in [0.05, 0.1) is 11.3 Å². The third-order valence-corrected chi connectivity index (χ3v) is 6.94. The van der Waals surface area contributed by atoms with Gasteiger partial charge in [0, 0.05) is 23.1 Å². The number of amides is 1. The molecule has 0 aromatic rings. The number of rotatable bonds is 1. The highest BCUT2D eigenvalue weighted by atomic mass is 79.9. The van der Waals surface area contributed by atoms with Crippen molar-refractivity contribution in [3.63, 3.8) is 0 Å². The fourth-order valence-corrected chi connectivity index (χ4v) is 4.80. The number of hydrogen-bond donors (Lipinski definition) is 2. The second kappa shape index (κ2) is 7.08. The van der Waals surface area contributed by atoms with E-state index >= 15 is 0 Å². The smallest absolute Gasteiger partial charge is 0.414 e. The normalized spacial score (nSPS) is 28.4. The zero-order chi connectivity index (χ0) is 20.8. The van der Waals surface area contributed by atoms with E-state index in [1.165, 1.54) is 20.0 Å². The molecule has 1 unspecified atom stereocenters. The number of halogens is 2. The van der Waals surface area contributed by atoms with Crippen LogP contribution in [0.1, 0.15) is 34.1 Å². The van der Waals surface area contributed by atoms with Crippen LogP contribution < -0.4 is 11.1 Å². The molecule has 8 nitrogen and oxygen atoms in total. The lowest BCUT2D eigenvalue weighted by atomic mass is 9.81. The van der Waals surface area contributed by atoms with Gasteiger partial charge >= 0.3 is 6.09 Å². The third-order valence-electron chi connectivity index (χ3n) is 4.24. The van der Waals surface area contributed by atoms with E-state index in [9.17, 15) is 17.6 Å². The number of carbonyl (C=O) groups excluding carboxylic acids is 1. The maximum atomic E-state index is 14.6. The number of hydrogen-bond acceptors (Lipinski definition) is 6. The molecule has 0 fully saturated rings. The van der Waals surface area contributed by atoms with Gasteiger partial charge in [-0.15, -0.1) is 0 Å². The summed E-state index contributed by atoms with van der Waals surface area (Å²) >= 11 is 3.17. The van der Waals surface area contributed by atoms with Crippen LogP contribution in [-0.4, -0.2) is 48.7 Å². The van der Waals surface area contributed by atoms with Crippen molar-refractivity contribution >= 4 is 38.0 Å². The van der Waals surface area contributed by atoms with E-state index in [1.54, 1.807) is 20.8 Å². The minimum absolute atomic E-state index is 0.0991. The average Bonchev–Trinajstić information content (AvgIpc) is 2.45. The molecule has 2 atom stereocenters. The van der Waals surface area contributed by atoms with Crippen molar-refractivity contribution in [2.75, 3.05) is 12.8 Å². The van der Waals surface area contributed by atoms with Crippen molar-refractivity contribution in [3.8, 4) is 0 Å². The summed E-state index contributed by atoms with van der Waals surface area (Å²) in [5.41, 5.74) is 4.17. The monoisotopic (exact) mass is 466 g/mol. The Morgan fingerprint density at radius 1 is 1.52 bits per heavy atom. The molecule has 11 heteroatoms. The summed E-state index contributed by atoms with van der Waals surface area (Å²) in [5.74, 6) is -2.05. The number of aliphatic imine (C=N–C) groups is 1. The lowest BCUT2D eigenvalue weighted by Crippen LogP contribution is -2.57. The summed E-state index contributed by atoms with van der Waals surface area (Å²) in [6.07, 6.45) is 0.465. The van der Waals surface area contributed by atoms with Crippen LogP contribution in [0.4, 0.5) is 9.18 Å². The van der Waals surface area contributed by atoms with Crippen molar-refractivity contribution < 1.29 is 22.3 Å². The Morgan fingerprint density at radius 2 is 2.11 bits per heavy atom. The number of alkyl carbamates (subject to hydrolysis) is 1. The fraction of sp³-hybridized carbons (Fsp3) is 0.625. The number of ether oxygens (including phenoxy) is 1. The molecule has 0 saturated heterocycles. The first-order valence-corrected chi connectivity index (χ1v) is 10.6. The van der Waals surface area contributed by atoms with Gasteiger partial charge in [-0.05, 0) is 56.1 Å². The van der Waals surface area contributed by atoms with E-state index in [4.69, 9.17) is 10.5 Å². The van der Waals surface area contributed by atoms with Crippen LogP contribution in [0.2, 0.25) is 0 Å². The number of nitrogens with zero attached hydrogens (tertiary/aromatic N) is 2. The molecular weight excluding hydrogens is 443 g/mol. The molecule has 1 aliphatic heterocycles. The third kappa shape index (κ3) is 4.81. The summed E-state index contributed by atoms with van der Waals surface area (Å²) < 4.78 is 46.3. The maximum absolute atomic E-state index is 14.6. The van der Waals surface area contributed by atoms with Gasteiger partial charge in [-0.1, -0.05) is 0 Å². The number of nitrogens with one attached hydrogen (secondary N) is 1. The summed E-state index contributed by atoms with van der Waals surface area (Å²) in [7, 11) is -2.57. The molecule has 2 aliphatic rings. The molecule has 3 N–H and O–H groups in total. The van der Waals surface area contributed by atoms with Crippen molar-refractivity contribution in [1.82, 2.24) is 9.62 Å². The quantitative estimate of drug-likeness (QED) is 0.615. The first kappa shape index (κ1) is 21.7. The maximum Gasteiger partial charge on any atom is 0.414 e. The molecule has 0 saturated carbocycles. The molecule has 1 heterocycles. The Kier molecular flexibility index (Phi) is 5.69. The topological polar surface area (TPSA) is 114 Å². The van der Waals surface area contributed by atoms with Crippen molar-refractivity contribution in [1.29, 1.82) is 0 Å². The molecule has 0 spiro atoms. The molecule has 1 amide bonds. The number of allylic oxidation sites excluding steroid dienone is 3. The predicted molar refractivity (Wildman–Crippen MR) is 104 cm³/mol. The van der Waals surface area contributed by atoms with Gasteiger partial charge in [0.1, 0.15) is 11.4 Å². The lowest BCUT2D eigenvalue weighted by Gasteiger charge is -2.40. The Balaban J connectivity index is 2.41. The number of guanidine groups is 1. The molecule has 152 valence electrons. The minimum atomic E-state index is -3.84. The summed E-state index contributed by atoms with van der Waals surface area (Å²) in [4.78, 5) is 16.4. The zero-order valence-corrected chi connectivity index (χ0v) is 18.2. The van der Waals surface area contributed by atoms with Crippen LogP contribution in [0.25, 0.3) is 0 Å². The van der Waals surface area contributed by atoms with Crippen LogP contribution in [-0.2, 0) is 14.8 Å². The van der Waals surface area contributed by atoms with E-state index in [-0.39, 0.29) is 12.4 Å². The lowest BCUT2D eigenvalue weighted by molar-refractivity contribution is 0.0559. The van der Waals surface area contributed by atoms with E-state index < -0.39 is 44.8 Å². The molecule has 0 radical (unpaired) electrons. The van der Waals surface area contributed by atoms with Crippen molar-refractivity contribution in [2.24, 2.45) is 16.6 Å². The molecule has 27 heavy (non-hydrogen) atoms. The van der Waals surface area contributed by atoms with Gasteiger partial charge < -0.3 is 10.5 Å². The minimum Gasteiger partial charge on any atom is -0.444 e. The van der Waals surface area contributed by atoms with Gasteiger partial charge in [0.25, 0.3) is 0 Å². The Bertz CT molecular complexity index is 847. The Labute approximate surface area is 166 Å². The molecule has 1 aliphatic carbocycles. The SMILES string of the molecule is CN1C(NC(=O)OC(C)(C)C)=N[C@](C)(C2CC(N)=C(Br)C=C2F)CS1(=O)=O. The summed E-state index contributed by atoms with van der Waals surface area (Å²) in [5, 5.41) is 2.35. The standard InChI is InChI=1S/C16H24BrFN4O4S/c1-15(2,3)26-14(23)20-13-21-16(4,8-27(24,25)22(13)5)9-6-12(19)10(17)7-11(9)18/h7,9H,6,8,19H2,1-5H3,(H,20,21,23)/t9?,16-/m0/s1. The van der Waals surface area contributed by atoms with Gasteiger partial charge in [-0.3, -0.25) is 5.32 Å². The molecule has 0 aromatic heterocycles. The number of carbonyl (C=O) groups is 1. The van der Waals surface area contributed by atoms with Gasteiger partial charge in [-0.25, -0.2) is 26.9 Å². The first-order valence-electron chi connectivity index (χ1n) is 8.22. The van der Waals surface area contributed by atoms with E-state index in [1.807, 2.05) is 0 Å². The molecule has 0 bridgehead atoms.